The Morgan fingerprint density at radius 1 is 1.36 bits per heavy atom. The summed E-state index contributed by atoms with van der Waals surface area (Å²) in [6.45, 7) is 1.11. The molecule has 1 saturated heterocycles. The number of hydrogen-bond donors (Lipinski definition) is 1. The number of nitrogens with one attached hydrogen (secondary N) is 1. The Kier molecular flexibility index (Phi) is 5.56. The predicted octanol–water partition coefficient (Wildman–Crippen LogP) is 3.74. The quantitative estimate of drug-likeness (QED) is 0.854. The van der Waals surface area contributed by atoms with Crippen LogP contribution in [0.4, 0.5) is 18.9 Å². The predicted molar refractivity (Wildman–Crippen MR) is 80.0 cm³/mol. The largest absolute Gasteiger partial charge is 0.416 e. The van der Waals surface area contributed by atoms with Crippen LogP contribution in [0.3, 0.4) is 0 Å². The number of rotatable bonds is 3. The van der Waals surface area contributed by atoms with Crippen molar-refractivity contribution in [3.05, 3.63) is 29.8 Å². The molecule has 0 radical (unpaired) electrons. The molecule has 0 spiro atoms. The lowest BCUT2D eigenvalue weighted by atomic mass is 10.1. The van der Waals surface area contributed by atoms with E-state index in [4.69, 9.17) is 11.6 Å². The summed E-state index contributed by atoms with van der Waals surface area (Å²) in [5, 5.41) is 3.11. The van der Waals surface area contributed by atoms with Crippen molar-refractivity contribution in [2.45, 2.75) is 31.5 Å². The highest BCUT2D eigenvalue weighted by Crippen LogP contribution is 2.31. The summed E-state index contributed by atoms with van der Waals surface area (Å²) in [5.41, 5.74) is -0.264. The van der Waals surface area contributed by atoms with Crippen LogP contribution >= 0.6 is 11.6 Å². The second-order valence-corrected chi connectivity index (χ2v) is 5.66. The summed E-state index contributed by atoms with van der Waals surface area (Å²) < 4.78 is 38.2. The normalized spacial score (nSPS) is 19.6. The standard InChI is InChI=1S/C15H18ClF3N2O/c16-9-14(22)21-7-2-1-5-13(10-21)20-12-6-3-4-11(8-12)15(17,18)19/h3-4,6,8,13,20H,1-2,5,7,9-10H2/t13-/m1/s1. The van der Waals surface area contributed by atoms with E-state index in [0.29, 0.717) is 18.8 Å². The lowest BCUT2D eigenvalue weighted by Gasteiger charge is -2.25. The van der Waals surface area contributed by atoms with E-state index in [1.165, 1.54) is 6.07 Å². The minimum absolute atomic E-state index is 0.0712. The molecule has 1 aliphatic rings. The number of nitrogens with zero attached hydrogens (tertiary/aromatic N) is 1. The smallest absolute Gasteiger partial charge is 0.381 e. The molecule has 1 fully saturated rings. The third-order valence-electron chi connectivity index (χ3n) is 3.70. The molecule has 2 rings (SSSR count). The molecule has 1 aliphatic heterocycles. The minimum atomic E-state index is -4.36. The molecule has 3 nitrogen and oxygen atoms in total. The first-order chi connectivity index (χ1) is 10.4. The van der Waals surface area contributed by atoms with Gasteiger partial charge in [0, 0.05) is 24.8 Å². The van der Waals surface area contributed by atoms with E-state index in [9.17, 15) is 18.0 Å². The van der Waals surface area contributed by atoms with Crippen LogP contribution in [0.2, 0.25) is 0 Å². The molecule has 0 saturated carbocycles. The summed E-state index contributed by atoms with van der Waals surface area (Å²) in [5.74, 6) is -0.213. The van der Waals surface area contributed by atoms with Gasteiger partial charge >= 0.3 is 6.18 Å². The summed E-state index contributed by atoms with van der Waals surface area (Å²) in [6, 6.07) is 5.05. The van der Waals surface area contributed by atoms with Crippen molar-refractivity contribution in [2.75, 3.05) is 24.3 Å². The van der Waals surface area contributed by atoms with Gasteiger partial charge in [-0.15, -0.1) is 11.6 Å². The first-order valence-corrected chi connectivity index (χ1v) is 7.71. The zero-order valence-electron chi connectivity index (χ0n) is 12.0. The van der Waals surface area contributed by atoms with Gasteiger partial charge in [-0.1, -0.05) is 6.07 Å². The molecule has 1 amide bonds. The Morgan fingerprint density at radius 3 is 2.82 bits per heavy atom. The lowest BCUT2D eigenvalue weighted by molar-refractivity contribution is -0.137. The molecule has 0 aromatic heterocycles. The number of carbonyl (C=O) groups excluding carboxylic acids is 1. The van der Waals surface area contributed by atoms with Crippen molar-refractivity contribution in [3.8, 4) is 0 Å². The van der Waals surface area contributed by atoms with Crippen LogP contribution in [0.1, 0.15) is 24.8 Å². The highest BCUT2D eigenvalue weighted by atomic mass is 35.5. The van der Waals surface area contributed by atoms with Crippen molar-refractivity contribution in [1.29, 1.82) is 0 Å². The van der Waals surface area contributed by atoms with E-state index < -0.39 is 11.7 Å². The van der Waals surface area contributed by atoms with Crippen LogP contribution in [0, 0.1) is 0 Å². The Hall–Kier alpha value is -1.43. The first-order valence-electron chi connectivity index (χ1n) is 7.17. The molecule has 1 atom stereocenters. The van der Waals surface area contributed by atoms with Gasteiger partial charge in [-0.05, 0) is 37.5 Å². The molecule has 0 unspecified atom stereocenters. The molecule has 122 valence electrons. The fourth-order valence-corrected chi connectivity index (χ4v) is 2.76. The highest BCUT2D eigenvalue weighted by Gasteiger charge is 2.30. The molecule has 7 heteroatoms. The van der Waals surface area contributed by atoms with Gasteiger partial charge < -0.3 is 10.2 Å². The number of alkyl halides is 4. The Labute approximate surface area is 132 Å². The van der Waals surface area contributed by atoms with Gasteiger partial charge in [0.25, 0.3) is 0 Å². The molecule has 1 heterocycles. The van der Waals surface area contributed by atoms with Crippen LogP contribution in [0.5, 0.6) is 0 Å². The molecule has 22 heavy (non-hydrogen) atoms. The zero-order valence-corrected chi connectivity index (χ0v) is 12.8. The van der Waals surface area contributed by atoms with Gasteiger partial charge in [0.2, 0.25) is 5.91 Å². The number of hydrogen-bond acceptors (Lipinski definition) is 2. The number of halogens is 4. The maximum atomic E-state index is 12.7. The Balaban J connectivity index is 2.07. The maximum absolute atomic E-state index is 12.7. The van der Waals surface area contributed by atoms with Crippen LogP contribution in [-0.4, -0.2) is 35.8 Å². The second kappa shape index (κ2) is 7.22. The Morgan fingerprint density at radius 2 is 2.14 bits per heavy atom. The molecule has 1 N–H and O–H groups in total. The number of amides is 1. The van der Waals surface area contributed by atoms with Crippen molar-refractivity contribution < 1.29 is 18.0 Å². The van der Waals surface area contributed by atoms with Gasteiger partial charge in [0.1, 0.15) is 5.88 Å². The van der Waals surface area contributed by atoms with Crippen molar-refractivity contribution in [3.63, 3.8) is 0 Å². The molecular formula is C15H18ClF3N2O. The van der Waals surface area contributed by atoms with E-state index in [1.54, 1.807) is 11.0 Å². The van der Waals surface area contributed by atoms with E-state index in [2.05, 4.69) is 5.32 Å². The minimum Gasteiger partial charge on any atom is -0.381 e. The second-order valence-electron chi connectivity index (χ2n) is 5.39. The molecule has 1 aromatic rings. The van der Waals surface area contributed by atoms with Gasteiger partial charge in [0.15, 0.2) is 0 Å². The van der Waals surface area contributed by atoms with Crippen molar-refractivity contribution in [2.24, 2.45) is 0 Å². The van der Waals surface area contributed by atoms with E-state index >= 15 is 0 Å². The first kappa shape index (κ1) is 16.9. The zero-order chi connectivity index (χ0) is 16.2. The number of carbonyl (C=O) groups is 1. The molecule has 1 aromatic carbocycles. The average Bonchev–Trinajstić information content (AvgIpc) is 2.71. The van der Waals surface area contributed by atoms with E-state index in [1.807, 2.05) is 0 Å². The number of anilines is 1. The van der Waals surface area contributed by atoms with Crippen LogP contribution < -0.4 is 5.32 Å². The third-order valence-corrected chi connectivity index (χ3v) is 3.93. The summed E-state index contributed by atoms with van der Waals surface area (Å²) in [6.07, 6.45) is -1.75. The summed E-state index contributed by atoms with van der Waals surface area (Å²) >= 11 is 5.58. The fraction of sp³-hybridized carbons (Fsp3) is 0.533. The van der Waals surface area contributed by atoms with E-state index in [0.717, 1.165) is 31.4 Å². The van der Waals surface area contributed by atoms with Gasteiger partial charge in [-0.2, -0.15) is 13.2 Å². The summed E-state index contributed by atoms with van der Waals surface area (Å²) in [4.78, 5) is 13.4. The topological polar surface area (TPSA) is 32.3 Å². The monoisotopic (exact) mass is 334 g/mol. The SMILES string of the molecule is O=C(CCl)N1CCCC[C@@H](Nc2cccc(C(F)(F)F)c2)C1. The number of likely N-dealkylation sites (tertiary alicyclic amines) is 1. The number of benzene rings is 1. The average molecular weight is 335 g/mol. The maximum Gasteiger partial charge on any atom is 0.416 e. The van der Waals surface area contributed by atoms with Crippen LogP contribution in [0.25, 0.3) is 0 Å². The lowest BCUT2D eigenvalue weighted by Crippen LogP contribution is -2.39. The highest BCUT2D eigenvalue weighted by molar-refractivity contribution is 6.27. The van der Waals surface area contributed by atoms with E-state index in [-0.39, 0.29) is 17.8 Å². The molecule has 0 aliphatic carbocycles. The molecule has 0 bridgehead atoms. The van der Waals surface area contributed by atoms with Crippen LogP contribution in [-0.2, 0) is 11.0 Å². The summed E-state index contributed by atoms with van der Waals surface area (Å²) in [7, 11) is 0. The Bertz CT molecular complexity index is 522. The van der Waals surface area contributed by atoms with Crippen LogP contribution in [0.15, 0.2) is 24.3 Å². The van der Waals surface area contributed by atoms with Crippen molar-refractivity contribution in [1.82, 2.24) is 4.90 Å². The third kappa shape index (κ3) is 4.53. The van der Waals surface area contributed by atoms with Gasteiger partial charge in [-0.3, -0.25) is 4.79 Å². The van der Waals surface area contributed by atoms with Crippen molar-refractivity contribution >= 4 is 23.2 Å². The fourth-order valence-electron chi connectivity index (χ4n) is 2.59. The van der Waals surface area contributed by atoms with Gasteiger partial charge in [-0.25, -0.2) is 0 Å². The molecular weight excluding hydrogens is 317 g/mol. The van der Waals surface area contributed by atoms with Gasteiger partial charge in [0.05, 0.1) is 5.56 Å².